The van der Waals surface area contributed by atoms with Crippen molar-refractivity contribution < 1.29 is 4.43 Å². The van der Waals surface area contributed by atoms with Crippen molar-refractivity contribution in [3.05, 3.63) is 91.0 Å². The molecule has 136 valence electrons. The summed E-state index contributed by atoms with van der Waals surface area (Å²) < 4.78 is 6.94. The van der Waals surface area contributed by atoms with Gasteiger partial charge in [-0.3, -0.25) is 0 Å². The molecule has 1 unspecified atom stereocenters. The van der Waals surface area contributed by atoms with Crippen LogP contribution < -0.4 is 15.6 Å². The largest absolute Gasteiger partial charge is 0.397 e. The topological polar surface area (TPSA) is 9.23 Å². The molecule has 27 heavy (non-hydrogen) atoms. The van der Waals surface area contributed by atoms with Crippen LogP contribution in [0.1, 0.15) is 6.92 Å². The molecule has 0 N–H and O–H groups in total. The monoisotopic (exact) mass is 386 g/mol. The van der Waals surface area contributed by atoms with E-state index in [-0.39, 0.29) is 6.10 Å². The van der Waals surface area contributed by atoms with Crippen LogP contribution in [0.4, 0.5) is 0 Å². The highest BCUT2D eigenvalue weighted by Crippen LogP contribution is 2.23. The van der Waals surface area contributed by atoms with Gasteiger partial charge in [0.1, 0.15) is 13.7 Å². The Morgan fingerprint density at radius 3 is 1.44 bits per heavy atom. The van der Waals surface area contributed by atoms with Crippen LogP contribution in [0.15, 0.2) is 91.0 Å². The highest BCUT2D eigenvalue weighted by Gasteiger charge is 2.55. The molecule has 3 heteroatoms. The van der Waals surface area contributed by atoms with E-state index in [0.717, 1.165) is 0 Å². The van der Waals surface area contributed by atoms with Crippen LogP contribution >= 0.6 is 0 Å². The van der Waals surface area contributed by atoms with Gasteiger partial charge >= 0.3 is 0 Å². The standard InChI is InChI=1S/C24H26OSi2/c1-5-21(2)25-27(23-17-11-7-12-18-23,24-19-13-8-14-20-24)26(3,4)22-15-9-6-10-16-22/h1,6-21H,2-4H3. The first-order valence-corrected chi connectivity index (χ1v) is 15.2. The van der Waals surface area contributed by atoms with Gasteiger partial charge in [0.05, 0.1) is 0 Å². The van der Waals surface area contributed by atoms with E-state index >= 15 is 0 Å². The van der Waals surface area contributed by atoms with E-state index in [1.54, 1.807) is 0 Å². The Morgan fingerprint density at radius 1 is 0.704 bits per heavy atom. The van der Waals surface area contributed by atoms with Crippen LogP contribution in [0.5, 0.6) is 0 Å². The quantitative estimate of drug-likeness (QED) is 0.465. The molecule has 0 spiro atoms. The van der Waals surface area contributed by atoms with Crippen molar-refractivity contribution >= 4 is 31.0 Å². The molecule has 0 aliphatic carbocycles. The highest BCUT2D eigenvalue weighted by atomic mass is 29.3. The smallest absolute Gasteiger partial charge is 0.247 e. The molecule has 3 rings (SSSR count). The van der Waals surface area contributed by atoms with E-state index in [4.69, 9.17) is 10.8 Å². The van der Waals surface area contributed by atoms with Crippen molar-refractivity contribution in [2.45, 2.75) is 26.1 Å². The lowest BCUT2D eigenvalue weighted by atomic mass is 10.4. The molecule has 0 heterocycles. The molecule has 0 bridgehead atoms. The van der Waals surface area contributed by atoms with Crippen LogP contribution in [0.2, 0.25) is 13.1 Å². The maximum absolute atomic E-state index is 6.94. The summed E-state index contributed by atoms with van der Waals surface area (Å²) in [4.78, 5) is 0. The van der Waals surface area contributed by atoms with E-state index < -0.39 is 15.4 Å². The van der Waals surface area contributed by atoms with E-state index in [0.29, 0.717) is 0 Å². The van der Waals surface area contributed by atoms with Crippen molar-refractivity contribution in [2.24, 2.45) is 0 Å². The van der Waals surface area contributed by atoms with E-state index in [1.807, 2.05) is 6.92 Å². The first-order chi connectivity index (χ1) is 13.0. The maximum atomic E-state index is 6.94. The van der Waals surface area contributed by atoms with Gasteiger partial charge in [-0.05, 0) is 17.3 Å². The average Bonchev–Trinajstić information content (AvgIpc) is 2.73. The average molecular weight is 387 g/mol. The van der Waals surface area contributed by atoms with Gasteiger partial charge in [-0.2, -0.15) is 0 Å². The third-order valence-electron chi connectivity index (χ3n) is 5.32. The molecule has 1 nitrogen and oxygen atoms in total. The van der Waals surface area contributed by atoms with Gasteiger partial charge in [0, 0.05) is 0 Å². The van der Waals surface area contributed by atoms with Crippen LogP contribution in [-0.4, -0.2) is 21.5 Å². The summed E-state index contributed by atoms with van der Waals surface area (Å²) in [6.45, 7) is 6.85. The van der Waals surface area contributed by atoms with Crippen LogP contribution in [-0.2, 0) is 4.43 Å². The zero-order valence-electron chi connectivity index (χ0n) is 16.2. The number of benzene rings is 3. The lowest BCUT2D eigenvalue weighted by Gasteiger charge is -2.45. The first-order valence-electron chi connectivity index (χ1n) is 9.33. The number of rotatable bonds is 6. The number of hydrogen-bond donors (Lipinski definition) is 0. The molecule has 1 atom stereocenters. The highest BCUT2D eigenvalue weighted by molar-refractivity contribution is 7.52. The summed E-state index contributed by atoms with van der Waals surface area (Å²) in [5, 5.41) is 3.98. The summed E-state index contributed by atoms with van der Waals surface area (Å²) >= 11 is 0. The van der Waals surface area contributed by atoms with Crippen LogP contribution in [0, 0.1) is 12.3 Å². The molecule has 0 saturated heterocycles. The lowest BCUT2D eigenvalue weighted by Crippen LogP contribution is -2.80. The summed E-state index contributed by atoms with van der Waals surface area (Å²) in [7, 11) is -4.70. The second kappa shape index (κ2) is 8.10. The van der Waals surface area contributed by atoms with E-state index in [9.17, 15) is 0 Å². The molecule has 0 aromatic heterocycles. The van der Waals surface area contributed by atoms with E-state index in [2.05, 4.69) is 110 Å². The van der Waals surface area contributed by atoms with Crippen molar-refractivity contribution in [3.63, 3.8) is 0 Å². The second-order valence-electron chi connectivity index (χ2n) is 7.33. The van der Waals surface area contributed by atoms with Gasteiger partial charge in [-0.15, -0.1) is 6.42 Å². The van der Waals surface area contributed by atoms with Crippen molar-refractivity contribution in [1.82, 2.24) is 0 Å². The molecule has 0 fully saturated rings. The molecule has 3 aromatic carbocycles. The molecule has 0 radical (unpaired) electrons. The Morgan fingerprint density at radius 2 is 1.07 bits per heavy atom. The molecular weight excluding hydrogens is 360 g/mol. The molecule has 0 amide bonds. The minimum atomic E-state index is -2.60. The Bertz CT molecular complexity index is 860. The Labute approximate surface area is 165 Å². The van der Waals surface area contributed by atoms with Gasteiger partial charge in [0.15, 0.2) is 0 Å². The van der Waals surface area contributed by atoms with Gasteiger partial charge in [-0.1, -0.05) is 115 Å². The molecule has 0 aliphatic heterocycles. The molecule has 3 aromatic rings. The fourth-order valence-corrected chi connectivity index (χ4v) is 18.0. The summed E-state index contributed by atoms with van der Waals surface area (Å²) in [6.07, 6.45) is 5.54. The van der Waals surface area contributed by atoms with Gasteiger partial charge < -0.3 is 4.43 Å². The lowest BCUT2D eigenvalue weighted by molar-refractivity contribution is 0.285. The minimum Gasteiger partial charge on any atom is -0.397 e. The molecular formula is C24H26OSi2. The third kappa shape index (κ3) is 3.57. The Kier molecular flexibility index (Phi) is 5.81. The normalized spacial score (nSPS) is 13.0. The van der Waals surface area contributed by atoms with Crippen molar-refractivity contribution in [3.8, 4) is 12.3 Å². The predicted molar refractivity (Wildman–Crippen MR) is 121 cm³/mol. The Hall–Kier alpha value is -2.39. The number of hydrogen-bond acceptors (Lipinski definition) is 1. The van der Waals surface area contributed by atoms with Crippen LogP contribution in [0.3, 0.4) is 0 Å². The fourth-order valence-electron chi connectivity index (χ4n) is 3.87. The summed E-state index contributed by atoms with van der Waals surface area (Å²) in [6, 6.07) is 32.3. The zero-order chi connectivity index (χ0) is 19.3. The van der Waals surface area contributed by atoms with Crippen molar-refractivity contribution in [2.75, 3.05) is 0 Å². The predicted octanol–water partition coefficient (Wildman–Crippen LogP) is 3.48. The number of terminal acetylenes is 1. The summed E-state index contributed by atoms with van der Waals surface area (Å²) in [5.41, 5.74) is 0. The summed E-state index contributed by atoms with van der Waals surface area (Å²) in [5.74, 6) is 2.82. The first kappa shape index (κ1) is 19.4. The zero-order valence-corrected chi connectivity index (χ0v) is 18.2. The van der Waals surface area contributed by atoms with E-state index in [1.165, 1.54) is 15.6 Å². The minimum absolute atomic E-state index is 0.243. The third-order valence-corrected chi connectivity index (χ3v) is 20.1. The maximum Gasteiger partial charge on any atom is 0.247 e. The SMILES string of the molecule is C#CC(C)O[Si](c1ccccc1)(c1ccccc1)[Si](C)(C)c1ccccc1. The second-order valence-corrected chi connectivity index (χ2v) is 19.8. The Balaban J connectivity index is 2.35. The van der Waals surface area contributed by atoms with Gasteiger partial charge in [0.2, 0.25) is 7.83 Å². The molecule has 0 saturated carbocycles. The van der Waals surface area contributed by atoms with Gasteiger partial charge in [-0.25, -0.2) is 0 Å². The fraction of sp³-hybridized carbons (Fsp3) is 0.167. The van der Waals surface area contributed by atoms with Gasteiger partial charge in [0.25, 0.3) is 0 Å². The van der Waals surface area contributed by atoms with Crippen molar-refractivity contribution in [1.29, 1.82) is 0 Å². The van der Waals surface area contributed by atoms with Crippen LogP contribution in [0.25, 0.3) is 0 Å². The molecule has 0 aliphatic rings.